The fourth-order valence-corrected chi connectivity index (χ4v) is 4.50. The molecule has 1 aromatic carbocycles. The van der Waals surface area contributed by atoms with Crippen LogP contribution >= 0.6 is 11.3 Å². The van der Waals surface area contributed by atoms with Gasteiger partial charge in [0, 0.05) is 18.5 Å². The largest absolute Gasteiger partial charge is 0.493 e. The van der Waals surface area contributed by atoms with Crippen LogP contribution in [0.1, 0.15) is 45.7 Å². The Bertz CT molecular complexity index is 1250. The summed E-state index contributed by atoms with van der Waals surface area (Å²) in [7, 11) is 0. The number of thiazole rings is 1. The van der Waals surface area contributed by atoms with E-state index in [1.54, 1.807) is 0 Å². The minimum absolute atomic E-state index is 0.00278. The van der Waals surface area contributed by atoms with E-state index in [1.807, 2.05) is 50.4 Å². The average Bonchev–Trinajstić information content (AvgIpc) is 3.27. The van der Waals surface area contributed by atoms with E-state index in [1.165, 1.54) is 20.8 Å². The topological polar surface area (TPSA) is 123 Å². The smallest absolute Gasteiger partial charge is 0.330 e. The van der Waals surface area contributed by atoms with E-state index in [0.717, 1.165) is 22.7 Å². The number of para-hydroxylation sites is 1. The molecule has 0 aliphatic heterocycles. The number of hydrogen-bond acceptors (Lipinski definition) is 7. The fraction of sp³-hybridized carbons (Fsp3) is 0.417. The van der Waals surface area contributed by atoms with Gasteiger partial charge in [-0.1, -0.05) is 32.4 Å². The van der Waals surface area contributed by atoms with Crippen LogP contribution in [0.4, 0.5) is 11.5 Å². The van der Waals surface area contributed by atoms with Crippen LogP contribution in [0.5, 0.6) is 5.75 Å². The number of anilines is 2. The fourth-order valence-electron chi connectivity index (χ4n) is 3.65. The number of nitrogens with one attached hydrogen (secondary N) is 1. The van der Waals surface area contributed by atoms with E-state index in [2.05, 4.69) is 9.97 Å². The number of benzene rings is 1. The first kappa shape index (κ1) is 25.2. The number of amides is 1. The maximum atomic E-state index is 13.4. The van der Waals surface area contributed by atoms with Gasteiger partial charge in [0.2, 0.25) is 5.91 Å². The molecule has 3 rings (SSSR count). The molecule has 0 bridgehead atoms. The van der Waals surface area contributed by atoms with E-state index < -0.39 is 11.2 Å². The number of ether oxygens (including phenoxy) is 1. The number of carbonyl (C=O) groups excluding carboxylic acids is 1. The van der Waals surface area contributed by atoms with Crippen molar-refractivity contribution < 1.29 is 9.53 Å². The van der Waals surface area contributed by atoms with Crippen molar-refractivity contribution in [2.75, 3.05) is 23.8 Å². The Morgan fingerprint density at radius 2 is 1.97 bits per heavy atom. The predicted molar refractivity (Wildman–Crippen MR) is 136 cm³/mol. The number of unbranched alkanes of at least 4 members (excludes halogenated alkanes) is 1. The van der Waals surface area contributed by atoms with Gasteiger partial charge in [-0.2, -0.15) is 0 Å². The second-order valence-corrected chi connectivity index (χ2v) is 8.65. The molecule has 10 heteroatoms. The summed E-state index contributed by atoms with van der Waals surface area (Å²) in [5.74, 6) is 0.436. The van der Waals surface area contributed by atoms with Crippen molar-refractivity contribution in [1.29, 1.82) is 0 Å². The zero-order valence-corrected chi connectivity index (χ0v) is 20.6. The summed E-state index contributed by atoms with van der Waals surface area (Å²) in [6.07, 6.45) is 2.17. The number of aromatic nitrogens is 3. The van der Waals surface area contributed by atoms with Gasteiger partial charge in [-0.15, -0.1) is 11.3 Å². The van der Waals surface area contributed by atoms with Gasteiger partial charge >= 0.3 is 5.69 Å². The highest BCUT2D eigenvalue weighted by molar-refractivity contribution is 7.13. The third-order valence-corrected chi connectivity index (χ3v) is 6.19. The molecule has 3 N–H and O–H groups in total. The standard InChI is InChI=1S/C24H31N5O4S/c1-4-7-13-28(20-21(25)29(12-5-2)24(32)27-22(20)31)19(30)14-16-15-34-23(26-16)17-10-8-9-11-18(17)33-6-3/h8-11,15H,4-7,12-14,25H2,1-3H3,(H,27,31,32). The van der Waals surface area contributed by atoms with Gasteiger partial charge in [-0.3, -0.25) is 19.1 Å². The molecule has 34 heavy (non-hydrogen) atoms. The molecule has 3 aromatic rings. The van der Waals surface area contributed by atoms with E-state index in [9.17, 15) is 14.4 Å². The van der Waals surface area contributed by atoms with Crippen LogP contribution < -0.4 is 26.6 Å². The molecule has 0 aliphatic rings. The Hall–Kier alpha value is -3.40. The number of carbonyl (C=O) groups is 1. The van der Waals surface area contributed by atoms with Crippen LogP contribution in [0.3, 0.4) is 0 Å². The SMILES string of the molecule is CCCCN(C(=O)Cc1csc(-c2ccccc2OCC)n1)c1c(N)n(CCC)c(=O)[nH]c1=O. The number of nitrogens with zero attached hydrogens (tertiary/aromatic N) is 3. The molecule has 0 radical (unpaired) electrons. The van der Waals surface area contributed by atoms with E-state index in [-0.39, 0.29) is 23.8 Å². The van der Waals surface area contributed by atoms with Crippen molar-refractivity contribution in [2.24, 2.45) is 0 Å². The van der Waals surface area contributed by atoms with Gasteiger partial charge in [-0.05, 0) is 31.9 Å². The van der Waals surface area contributed by atoms with Crippen molar-refractivity contribution in [1.82, 2.24) is 14.5 Å². The van der Waals surface area contributed by atoms with Gasteiger partial charge < -0.3 is 15.4 Å². The molecule has 2 aromatic heterocycles. The van der Waals surface area contributed by atoms with Crippen LogP contribution in [0.2, 0.25) is 0 Å². The maximum absolute atomic E-state index is 13.4. The van der Waals surface area contributed by atoms with Gasteiger partial charge in [0.05, 0.1) is 24.3 Å². The summed E-state index contributed by atoms with van der Waals surface area (Å²) in [6, 6.07) is 7.63. The lowest BCUT2D eigenvalue weighted by molar-refractivity contribution is -0.118. The van der Waals surface area contributed by atoms with Crippen LogP contribution in [0.25, 0.3) is 10.6 Å². The third kappa shape index (κ3) is 5.56. The first-order valence-corrected chi connectivity index (χ1v) is 12.4. The number of hydrogen-bond donors (Lipinski definition) is 2. The molecule has 0 aliphatic carbocycles. The Morgan fingerprint density at radius 3 is 2.68 bits per heavy atom. The zero-order chi connectivity index (χ0) is 24.7. The van der Waals surface area contributed by atoms with Crippen molar-refractivity contribution in [2.45, 2.75) is 53.0 Å². The average molecular weight is 486 g/mol. The number of rotatable bonds is 11. The van der Waals surface area contributed by atoms with E-state index in [0.29, 0.717) is 38.2 Å². The molecule has 182 valence electrons. The molecule has 2 heterocycles. The van der Waals surface area contributed by atoms with Gasteiger partial charge in [0.25, 0.3) is 5.56 Å². The first-order valence-electron chi connectivity index (χ1n) is 11.5. The molecule has 1 amide bonds. The Morgan fingerprint density at radius 1 is 1.21 bits per heavy atom. The highest BCUT2D eigenvalue weighted by Crippen LogP contribution is 2.32. The second kappa shape index (κ2) is 11.6. The summed E-state index contributed by atoms with van der Waals surface area (Å²) in [5.41, 5.74) is 6.46. The number of nitrogens with two attached hydrogens (primary N) is 1. The van der Waals surface area contributed by atoms with Crippen LogP contribution in [-0.2, 0) is 17.8 Å². The summed E-state index contributed by atoms with van der Waals surface area (Å²) in [4.78, 5) is 46.6. The lowest BCUT2D eigenvalue weighted by atomic mass is 10.2. The van der Waals surface area contributed by atoms with Crippen LogP contribution in [-0.4, -0.2) is 33.6 Å². The number of nitrogen functional groups attached to an aromatic ring is 1. The van der Waals surface area contributed by atoms with Crippen molar-refractivity contribution in [3.8, 4) is 16.3 Å². The lowest BCUT2D eigenvalue weighted by Gasteiger charge is -2.24. The molecule has 0 spiro atoms. The Labute approximate surface area is 202 Å². The Kier molecular flexibility index (Phi) is 8.64. The predicted octanol–water partition coefficient (Wildman–Crippen LogP) is 3.43. The second-order valence-electron chi connectivity index (χ2n) is 7.79. The van der Waals surface area contributed by atoms with Gasteiger partial charge in [0.15, 0.2) is 5.69 Å². The number of H-pyrrole nitrogens is 1. The summed E-state index contributed by atoms with van der Waals surface area (Å²) < 4.78 is 7.00. The monoisotopic (exact) mass is 485 g/mol. The van der Waals surface area contributed by atoms with Crippen molar-refractivity contribution in [3.05, 3.63) is 56.2 Å². The third-order valence-electron chi connectivity index (χ3n) is 5.27. The molecule has 0 fully saturated rings. The van der Waals surface area contributed by atoms with Crippen molar-refractivity contribution >= 4 is 28.7 Å². The molecule has 0 saturated carbocycles. The molecule has 0 unspecified atom stereocenters. The summed E-state index contributed by atoms with van der Waals surface area (Å²) in [6.45, 7) is 7.02. The molecule has 0 saturated heterocycles. The summed E-state index contributed by atoms with van der Waals surface area (Å²) in [5, 5.41) is 2.58. The lowest BCUT2D eigenvalue weighted by Crippen LogP contribution is -2.42. The van der Waals surface area contributed by atoms with Gasteiger partial charge in [-0.25, -0.2) is 9.78 Å². The highest BCUT2D eigenvalue weighted by atomic mass is 32.1. The minimum Gasteiger partial charge on any atom is -0.493 e. The minimum atomic E-state index is -0.663. The van der Waals surface area contributed by atoms with E-state index >= 15 is 0 Å². The van der Waals surface area contributed by atoms with Crippen LogP contribution in [0, 0.1) is 0 Å². The maximum Gasteiger partial charge on any atom is 0.330 e. The summed E-state index contributed by atoms with van der Waals surface area (Å²) >= 11 is 1.43. The number of aromatic amines is 1. The Balaban J connectivity index is 1.92. The van der Waals surface area contributed by atoms with Crippen LogP contribution in [0.15, 0.2) is 39.2 Å². The molecule has 9 nitrogen and oxygen atoms in total. The highest BCUT2D eigenvalue weighted by Gasteiger charge is 2.25. The molecular weight excluding hydrogens is 454 g/mol. The quantitative estimate of drug-likeness (QED) is 0.429. The first-order chi connectivity index (χ1) is 16.4. The zero-order valence-electron chi connectivity index (χ0n) is 19.8. The van der Waals surface area contributed by atoms with Crippen molar-refractivity contribution in [3.63, 3.8) is 0 Å². The molecular formula is C24H31N5O4S. The molecule has 0 atom stereocenters. The van der Waals surface area contributed by atoms with E-state index in [4.69, 9.17) is 10.5 Å². The normalized spacial score (nSPS) is 10.9. The van der Waals surface area contributed by atoms with Gasteiger partial charge in [0.1, 0.15) is 16.6 Å².